The molecule has 1 heterocycles. The number of hydrogen-bond acceptors (Lipinski definition) is 2. The van der Waals surface area contributed by atoms with Crippen LogP contribution in [0.4, 0.5) is 0 Å². The van der Waals surface area contributed by atoms with E-state index in [0.29, 0.717) is 0 Å². The molecule has 4 heteroatoms. The predicted octanol–water partition coefficient (Wildman–Crippen LogP) is 3.50. The molecule has 0 unspecified atom stereocenters. The maximum absolute atomic E-state index is 4.50. The summed E-state index contributed by atoms with van der Waals surface area (Å²) in [6.07, 6.45) is 2.49. The van der Waals surface area contributed by atoms with E-state index in [0.717, 1.165) is 35.7 Å². The van der Waals surface area contributed by atoms with Crippen LogP contribution in [0.15, 0.2) is 4.47 Å². The lowest BCUT2D eigenvalue weighted by Crippen LogP contribution is -2.23. The number of nitrogens with zero attached hydrogens (tertiary/aromatic N) is 2. The summed E-state index contributed by atoms with van der Waals surface area (Å²) >= 11 is 3.62. The van der Waals surface area contributed by atoms with Crippen LogP contribution in [-0.4, -0.2) is 16.3 Å². The van der Waals surface area contributed by atoms with Crippen LogP contribution in [0.1, 0.15) is 45.0 Å². The van der Waals surface area contributed by atoms with Gasteiger partial charge < -0.3 is 5.32 Å². The lowest BCUT2D eigenvalue weighted by molar-refractivity contribution is 0.442. The van der Waals surface area contributed by atoms with Gasteiger partial charge in [0, 0.05) is 13.1 Å². The molecular formula is C13H24BrN3. The monoisotopic (exact) mass is 301 g/mol. The summed E-state index contributed by atoms with van der Waals surface area (Å²) < 4.78 is 3.22. The third kappa shape index (κ3) is 3.81. The van der Waals surface area contributed by atoms with Crippen LogP contribution in [0.5, 0.6) is 0 Å². The highest BCUT2D eigenvalue weighted by Gasteiger charge is 2.12. The third-order valence-electron chi connectivity index (χ3n) is 3.33. The van der Waals surface area contributed by atoms with E-state index in [9.17, 15) is 0 Å². The number of aromatic nitrogens is 2. The normalized spacial score (nSPS) is 11.4. The fourth-order valence-electron chi connectivity index (χ4n) is 2.01. The van der Waals surface area contributed by atoms with Crippen molar-refractivity contribution in [3.8, 4) is 0 Å². The first-order chi connectivity index (χ1) is 8.13. The SMILES string of the molecule is CCC(CC)CNCc1c(Br)c(C)nn1CC. The molecule has 1 N–H and O–H groups in total. The van der Waals surface area contributed by atoms with Crippen LogP contribution in [0, 0.1) is 12.8 Å². The highest BCUT2D eigenvalue weighted by atomic mass is 79.9. The van der Waals surface area contributed by atoms with Crippen LogP contribution in [0.2, 0.25) is 0 Å². The molecule has 0 spiro atoms. The summed E-state index contributed by atoms with van der Waals surface area (Å²) in [5.41, 5.74) is 2.34. The fraction of sp³-hybridized carbons (Fsp3) is 0.769. The van der Waals surface area contributed by atoms with Gasteiger partial charge in [0.2, 0.25) is 0 Å². The molecule has 0 aliphatic heterocycles. The molecule has 0 radical (unpaired) electrons. The van der Waals surface area contributed by atoms with Gasteiger partial charge >= 0.3 is 0 Å². The highest BCUT2D eigenvalue weighted by molar-refractivity contribution is 9.10. The molecule has 1 rings (SSSR count). The van der Waals surface area contributed by atoms with E-state index < -0.39 is 0 Å². The average molecular weight is 302 g/mol. The van der Waals surface area contributed by atoms with Gasteiger partial charge in [-0.2, -0.15) is 5.10 Å². The number of rotatable bonds is 7. The standard InChI is InChI=1S/C13H24BrN3/c1-5-11(6-2)8-15-9-12-13(14)10(4)16-17(12)7-3/h11,15H,5-9H2,1-4H3. The Morgan fingerprint density at radius 2 is 1.94 bits per heavy atom. The van der Waals surface area contributed by atoms with Crippen molar-refractivity contribution in [1.82, 2.24) is 15.1 Å². The fourth-order valence-corrected chi connectivity index (χ4v) is 2.43. The maximum Gasteiger partial charge on any atom is 0.0739 e. The highest BCUT2D eigenvalue weighted by Crippen LogP contribution is 2.20. The van der Waals surface area contributed by atoms with Crippen LogP contribution < -0.4 is 5.32 Å². The van der Waals surface area contributed by atoms with Crippen molar-refractivity contribution >= 4 is 15.9 Å². The molecule has 0 aromatic carbocycles. The summed E-state index contributed by atoms with van der Waals surface area (Å²) in [5.74, 6) is 0.785. The van der Waals surface area contributed by atoms with E-state index in [-0.39, 0.29) is 0 Å². The lowest BCUT2D eigenvalue weighted by atomic mass is 10.0. The number of nitrogens with one attached hydrogen (secondary N) is 1. The summed E-state index contributed by atoms with van der Waals surface area (Å²) in [4.78, 5) is 0. The lowest BCUT2D eigenvalue weighted by Gasteiger charge is -2.13. The zero-order valence-corrected chi connectivity index (χ0v) is 13.0. The van der Waals surface area contributed by atoms with Gasteiger partial charge in [0.05, 0.1) is 15.9 Å². The van der Waals surface area contributed by atoms with E-state index in [1.54, 1.807) is 0 Å². The Morgan fingerprint density at radius 1 is 1.29 bits per heavy atom. The Bertz CT molecular complexity index is 343. The first kappa shape index (κ1) is 14.7. The van der Waals surface area contributed by atoms with Crippen molar-refractivity contribution in [3.05, 3.63) is 15.9 Å². The van der Waals surface area contributed by atoms with Crippen molar-refractivity contribution in [2.45, 2.75) is 53.6 Å². The Kier molecular flexibility index (Phi) is 6.20. The molecule has 17 heavy (non-hydrogen) atoms. The Morgan fingerprint density at radius 3 is 2.47 bits per heavy atom. The molecule has 0 saturated heterocycles. The first-order valence-corrected chi connectivity index (χ1v) is 7.35. The van der Waals surface area contributed by atoms with E-state index in [1.165, 1.54) is 18.5 Å². The summed E-state index contributed by atoms with van der Waals surface area (Å²) in [5, 5.41) is 8.04. The van der Waals surface area contributed by atoms with Crippen LogP contribution >= 0.6 is 15.9 Å². The van der Waals surface area contributed by atoms with E-state index in [1.807, 2.05) is 6.92 Å². The van der Waals surface area contributed by atoms with Crippen molar-refractivity contribution in [2.75, 3.05) is 6.54 Å². The van der Waals surface area contributed by atoms with E-state index in [2.05, 4.69) is 51.8 Å². The van der Waals surface area contributed by atoms with E-state index in [4.69, 9.17) is 0 Å². The quantitative estimate of drug-likeness (QED) is 0.835. The Hall–Kier alpha value is -0.350. The number of halogens is 1. The second-order valence-corrected chi connectivity index (χ2v) is 5.27. The largest absolute Gasteiger partial charge is 0.311 e. The van der Waals surface area contributed by atoms with Gasteiger partial charge in [0.25, 0.3) is 0 Å². The topological polar surface area (TPSA) is 29.9 Å². The van der Waals surface area contributed by atoms with E-state index >= 15 is 0 Å². The van der Waals surface area contributed by atoms with Gasteiger partial charge in [0.1, 0.15) is 0 Å². The summed E-state index contributed by atoms with van der Waals surface area (Å²) in [6.45, 7) is 11.6. The van der Waals surface area contributed by atoms with Gasteiger partial charge in [-0.25, -0.2) is 0 Å². The smallest absolute Gasteiger partial charge is 0.0739 e. The zero-order chi connectivity index (χ0) is 12.8. The second-order valence-electron chi connectivity index (χ2n) is 4.48. The molecule has 0 saturated carbocycles. The zero-order valence-electron chi connectivity index (χ0n) is 11.4. The minimum atomic E-state index is 0.785. The molecule has 0 aliphatic carbocycles. The average Bonchev–Trinajstić information content (AvgIpc) is 2.62. The summed E-state index contributed by atoms with van der Waals surface area (Å²) in [7, 11) is 0. The molecule has 1 aromatic rings. The Balaban J connectivity index is 2.56. The van der Waals surface area contributed by atoms with Crippen molar-refractivity contribution in [3.63, 3.8) is 0 Å². The molecular weight excluding hydrogens is 278 g/mol. The molecule has 0 aliphatic rings. The van der Waals surface area contributed by atoms with Crippen molar-refractivity contribution in [2.24, 2.45) is 5.92 Å². The van der Waals surface area contributed by atoms with Crippen LogP contribution in [-0.2, 0) is 13.1 Å². The van der Waals surface area contributed by atoms with Crippen molar-refractivity contribution in [1.29, 1.82) is 0 Å². The van der Waals surface area contributed by atoms with Gasteiger partial charge in [-0.1, -0.05) is 26.7 Å². The number of aryl methyl sites for hydroxylation is 2. The number of hydrogen-bond donors (Lipinski definition) is 1. The minimum absolute atomic E-state index is 0.785. The van der Waals surface area contributed by atoms with Gasteiger partial charge in [0.15, 0.2) is 0 Å². The van der Waals surface area contributed by atoms with Gasteiger partial charge in [-0.15, -0.1) is 0 Å². The second kappa shape index (κ2) is 7.17. The van der Waals surface area contributed by atoms with Gasteiger partial charge in [-0.05, 0) is 42.2 Å². The minimum Gasteiger partial charge on any atom is -0.311 e. The molecule has 3 nitrogen and oxygen atoms in total. The summed E-state index contributed by atoms with van der Waals surface area (Å²) in [6, 6.07) is 0. The molecule has 0 amide bonds. The molecule has 1 aromatic heterocycles. The molecule has 0 atom stereocenters. The molecule has 0 fully saturated rings. The molecule has 0 bridgehead atoms. The predicted molar refractivity (Wildman–Crippen MR) is 76.1 cm³/mol. The third-order valence-corrected chi connectivity index (χ3v) is 4.36. The first-order valence-electron chi connectivity index (χ1n) is 6.56. The Labute approximate surface area is 113 Å². The van der Waals surface area contributed by atoms with Gasteiger partial charge in [-0.3, -0.25) is 4.68 Å². The molecule has 98 valence electrons. The maximum atomic E-state index is 4.50. The van der Waals surface area contributed by atoms with Crippen LogP contribution in [0.25, 0.3) is 0 Å². The van der Waals surface area contributed by atoms with Crippen LogP contribution in [0.3, 0.4) is 0 Å². The van der Waals surface area contributed by atoms with Crippen molar-refractivity contribution < 1.29 is 0 Å².